The lowest BCUT2D eigenvalue weighted by molar-refractivity contribution is 0.0998. The van der Waals surface area contributed by atoms with Crippen LogP contribution in [0.15, 0.2) is 48.5 Å². The Morgan fingerprint density at radius 1 is 1.13 bits per heavy atom. The molecule has 3 heterocycles. The first kappa shape index (κ1) is 27.9. The number of carbonyl (C=O) groups is 1. The van der Waals surface area contributed by atoms with E-state index in [1.165, 1.54) is 0 Å². The van der Waals surface area contributed by atoms with Crippen molar-refractivity contribution in [2.24, 2.45) is 5.73 Å². The molecule has 0 bridgehead atoms. The number of rotatable bonds is 10. The molecule has 1 aliphatic heterocycles. The summed E-state index contributed by atoms with van der Waals surface area (Å²) in [6.45, 7) is 8.87. The highest BCUT2D eigenvalue weighted by Crippen LogP contribution is 2.29. The Bertz CT molecular complexity index is 1220. The molecule has 7 nitrogen and oxygen atoms in total. The molecule has 202 valence electrons. The van der Waals surface area contributed by atoms with Crippen LogP contribution < -0.4 is 15.4 Å². The second-order valence-electron chi connectivity index (χ2n) is 10.2. The van der Waals surface area contributed by atoms with E-state index in [9.17, 15) is 4.79 Å². The summed E-state index contributed by atoms with van der Waals surface area (Å²) >= 11 is 6.19. The van der Waals surface area contributed by atoms with Crippen molar-refractivity contribution in [2.45, 2.75) is 65.1 Å². The zero-order valence-electron chi connectivity index (χ0n) is 22.8. The quantitative estimate of drug-likeness (QED) is 0.352. The number of benzene rings is 1. The van der Waals surface area contributed by atoms with E-state index in [0.29, 0.717) is 35.0 Å². The van der Waals surface area contributed by atoms with Gasteiger partial charge in [0.25, 0.3) is 5.91 Å². The number of ether oxygens (including phenoxy) is 1. The minimum Gasteiger partial charge on any atom is -0.497 e. The van der Waals surface area contributed by atoms with E-state index >= 15 is 0 Å². The van der Waals surface area contributed by atoms with Gasteiger partial charge >= 0.3 is 0 Å². The second kappa shape index (κ2) is 12.6. The predicted octanol–water partition coefficient (Wildman–Crippen LogP) is 5.35. The number of nitrogens with two attached hydrogens (primary N) is 1. The first-order valence-electron chi connectivity index (χ1n) is 13.3. The van der Waals surface area contributed by atoms with Crippen LogP contribution in [-0.4, -0.2) is 53.1 Å². The van der Waals surface area contributed by atoms with Crippen molar-refractivity contribution < 1.29 is 9.53 Å². The molecule has 2 aromatic heterocycles. The van der Waals surface area contributed by atoms with Crippen LogP contribution in [0.1, 0.15) is 59.2 Å². The van der Waals surface area contributed by atoms with Crippen molar-refractivity contribution in [1.29, 1.82) is 0 Å². The first-order valence-corrected chi connectivity index (χ1v) is 13.7. The fraction of sp³-hybridized carbons (Fsp3) is 0.433. The van der Waals surface area contributed by atoms with Gasteiger partial charge < -0.3 is 20.3 Å². The highest BCUT2D eigenvalue weighted by molar-refractivity contribution is 6.29. The van der Waals surface area contributed by atoms with E-state index < -0.39 is 5.91 Å². The molecule has 0 spiro atoms. The Kier molecular flexibility index (Phi) is 9.23. The predicted molar refractivity (Wildman–Crippen MR) is 153 cm³/mol. The molecule has 0 aliphatic carbocycles. The van der Waals surface area contributed by atoms with Gasteiger partial charge in [0.05, 0.1) is 30.6 Å². The van der Waals surface area contributed by atoms with Gasteiger partial charge in [0.15, 0.2) is 0 Å². The molecule has 2 N–H and O–H groups in total. The van der Waals surface area contributed by atoms with Gasteiger partial charge in [-0.3, -0.25) is 9.78 Å². The Labute approximate surface area is 231 Å². The molecule has 1 fully saturated rings. The van der Waals surface area contributed by atoms with Crippen molar-refractivity contribution in [3.8, 4) is 5.75 Å². The van der Waals surface area contributed by atoms with Crippen molar-refractivity contribution in [2.75, 3.05) is 25.1 Å². The van der Waals surface area contributed by atoms with Gasteiger partial charge in [-0.05, 0) is 94.5 Å². The largest absolute Gasteiger partial charge is 0.497 e. The van der Waals surface area contributed by atoms with Crippen molar-refractivity contribution in [1.82, 2.24) is 14.9 Å². The maximum Gasteiger partial charge on any atom is 0.250 e. The Morgan fingerprint density at radius 2 is 1.84 bits per heavy atom. The maximum absolute atomic E-state index is 11.7. The normalized spacial score (nSPS) is 15.3. The molecule has 1 atom stereocenters. The molecule has 1 saturated heterocycles. The van der Waals surface area contributed by atoms with Gasteiger partial charge in [-0.15, -0.1) is 0 Å². The number of aromatic nitrogens is 2. The van der Waals surface area contributed by atoms with E-state index in [1.54, 1.807) is 7.11 Å². The number of amides is 1. The van der Waals surface area contributed by atoms with Crippen molar-refractivity contribution >= 4 is 23.2 Å². The van der Waals surface area contributed by atoms with Crippen LogP contribution in [0.3, 0.4) is 0 Å². The molecule has 1 amide bonds. The molecule has 0 radical (unpaired) electrons. The number of halogens is 1. The zero-order chi connectivity index (χ0) is 27.2. The molecule has 1 aliphatic rings. The first-order chi connectivity index (χ1) is 18.2. The fourth-order valence-electron chi connectivity index (χ4n) is 5.51. The lowest BCUT2D eigenvalue weighted by Crippen LogP contribution is -2.47. The highest BCUT2D eigenvalue weighted by atomic mass is 35.5. The van der Waals surface area contributed by atoms with Gasteiger partial charge in [-0.1, -0.05) is 17.7 Å². The highest BCUT2D eigenvalue weighted by Gasteiger charge is 2.27. The number of anilines is 1. The number of methoxy groups -OCH3 is 1. The van der Waals surface area contributed by atoms with Crippen LogP contribution >= 0.6 is 11.6 Å². The van der Waals surface area contributed by atoms with E-state index in [0.717, 1.165) is 67.2 Å². The van der Waals surface area contributed by atoms with Crippen molar-refractivity contribution in [3.05, 3.63) is 81.9 Å². The third-order valence-corrected chi connectivity index (χ3v) is 7.80. The number of carbonyl (C=O) groups excluding carboxylic acids is 1. The Balaban J connectivity index is 1.39. The van der Waals surface area contributed by atoms with Gasteiger partial charge in [-0.25, -0.2) is 4.98 Å². The minimum atomic E-state index is -0.412. The number of nitrogens with zero attached hydrogens (tertiary/aromatic N) is 4. The number of piperidine rings is 1. The lowest BCUT2D eigenvalue weighted by atomic mass is 9.98. The summed E-state index contributed by atoms with van der Waals surface area (Å²) in [4.78, 5) is 25.9. The lowest BCUT2D eigenvalue weighted by Gasteiger charge is -2.41. The average Bonchev–Trinajstić information content (AvgIpc) is 2.90. The van der Waals surface area contributed by atoms with Gasteiger partial charge in [0.1, 0.15) is 10.9 Å². The summed E-state index contributed by atoms with van der Waals surface area (Å²) in [6, 6.07) is 16.9. The molecule has 38 heavy (non-hydrogen) atoms. The zero-order valence-corrected chi connectivity index (χ0v) is 23.5. The molecule has 1 aromatic carbocycles. The van der Waals surface area contributed by atoms with Gasteiger partial charge in [-0.2, -0.15) is 0 Å². The molecular weight excluding hydrogens is 498 g/mol. The van der Waals surface area contributed by atoms with E-state index in [4.69, 9.17) is 22.1 Å². The number of primary amides is 1. The minimum absolute atomic E-state index is 0.404. The topological polar surface area (TPSA) is 84.6 Å². The molecular formula is C30H38ClN5O2. The van der Waals surface area contributed by atoms with Crippen molar-refractivity contribution in [3.63, 3.8) is 0 Å². The van der Waals surface area contributed by atoms with E-state index in [1.807, 2.05) is 50.2 Å². The average molecular weight is 536 g/mol. The molecule has 0 unspecified atom stereocenters. The standard InChI is InChI=1S/C30H38ClN5O2/c1-20-18-23(33-22(3)29(20)30(32)37)9-8-21(2)35-16-14-26(15-17-35)36(19-24-6-5-7-28(31)34-24)25-10-12-27(38-4)13-11-25/h5-7,10-13,18,21,26H,8-9,14-17,19H2,1-4H3,(H2,32,37)/t21-/m1/s1. The third kappa shape index (κ3) is 6.83. The summed E-state index contributed by atoms with van der Waals surface area (Å²) < 4.78 is 5.37. The number of likely N-dealkylation sites (tertiary alicyclic amines) is 1. The summed E-state index contributed by atoms with van der Waals surface area (Å²) in [5.41, 5.74) is 10.8. The SMILES string of the molecule is COc1ccc(N(Cc2cccc(Cl)n2)C2CCN([C@H](C)CCc3cc(C)c(C(N)=O)c(C)n3)CC2)cc1. The summed E-state index contributed by atoms with van der Waals surface area (Å²) in [7, 11) is 1.69. The number of hydrogen-bond acceptors (Lipinski definition) is 6. The number of pyridine rings is 2. The monoisotopic (exact) mass is 535 g/mol. The smallest absolute Gasteiger partial charge is 0.250 e. The van der Waals surface area contributed by atoms with Crippen LogP contribution in [0.25, 0.3) is 0 Å². The van der Waals surface area contributed by atoms with Crippen LogP contribution in [-0.2, 0) is 13.0 Å². The van der Waals surface area contributed by atoms with Crippen LogP contribution in [0.4, 0.5) is 5.69 Å². The molecule has 0 saturated carbocycles. The number of aryl methyl sites for hydroxylation is 3. The maximum atomic E-state index is 11.7. The van der Waals surface area contributed by atoms with E-state index in [-0.39, 0.29) is 0 Å². The summed E-state index contributed by atoms with van der Waals surface area (Å²) in [6.07, 6.45) is 4.03. The third-order valence-electron chi connectivity index (χ3n) is 7.59. The molecule has 8 heteroatoms. The fourth-order valence-corrected chi connectivity index (χ4v) is 5.69. The van der Waals surface area contributed by atoms with Crippen LogP contribution in [0, 0.1) is 13.8 Å². The Morgan fingerprint density at radius 3 is 2.45 bits per heavy atom. The number of hydrogen-bond donors (Lipinski definition) is 1. The summed E-state index contributed by atoms with van der Waals surface area (Å²) in [5.74, 6) is 0.437. The van der Waals surface area contributed by atoms with Crippen LogP contribution in [0.5, 0.6) is 5.75 Å². The van der Waals surface area contributed by atoms with E-state index in [2.05, 4.69) is 38.8 Å². The van der Waals surface area contributed by atoms with Gasteiger partial charge in [0, 0.05) is 36.6 Å². The molecule has 4 rings (SSSR count). The second-order valence-corrected chi connectivity index (χ2v) is 10.6. The summed E-state index contributed by atoms with van der Waals surface area (Å²) in [5, 5.41) is 0.518. The van der Waals surface area contributed by atoms with Crippen LogP contribution in [0.2, 0.25) is 5.15 Å². The molecule has 3 aromatic rings. The Hall–Kier alpha value is -3.16. The van der Waals surface area contributed by atoms with Gasteiger partial charge in [0.2, 0.25) is 0 Å².